The minimum Gasteiger partial charge on any atom is -0.481 e. The Morgan fingerprint density at radius 3 is 2.38 bits per heavy atom. The van der Waals surface area contributed by atoms with Crippen molar-refractivity contribution in [3.8, 4) is 0 Å². The second kappa shape index (κ2) is 5.43. The number of aliphatic carboxylic acids is 1. The molecule has 0 radical (unpaired) electrons. The van der Waals surface area contributed by atoms with Gasteiger partial charge >= 0.3 is 5.97 Å². The zero-order valence-electron chi connectivity index (χ0n) is 10.3. The number of hydrogen-bond acceptors (Lipinski definition) is 3. The Labute approximate surface area is 101 Å². The van der Waals surface area contributed by atoms with Crippen LogP contribution in [0.2, 0.25) is 0 Å². The molecule has 0 aromatic carbocycles. The van der Waals surface area contributed by atoms with Crippen LogP contribution in [0.1, 0.15) is 61.5 Å². The summed E-state index contributed by atoms with van der Waals surface area (Å²) in [6.07, 6.45) is 0.798. The predicted octanol–water partition coefficient (Wildman–Crippen LogP) is 3.41. The molecule has 1 aromatic heterocycles. The van der Waals surface area contributed by atoms with Crippen molar-refractivity contribution < 1.29 is 9.90 Å². The van der Waals surface area contributed by atoms with Crippen molar-refractivity contribution in [2.45, 2.75) is 52.4 Å². The fraction of sp³-hybridized carbons (Fsp3) is 0.667. The van der Waals surface area contributed by atoms with Gasteiger partial charge in [0.15, 0.2) is 0 Å². The summed E-state index contributed by atoms with van der Waals surface area (Å²) in [6.45, 7) is 8.43. The van der Waals surface area contributed by atoms with Crippen molar-refractivity contribution in [1.82, 2.24) is 4.98 Å². The molecule has 0 atom stereocenters. The van der Waals surface area contributed by atoms with Crippen molar-refractivity contribution in [2.24, 2.45) is 0 Å². The summed E-state index contributed by atoms with van der Waals surface area (Å²) in [5, 5.41) is 9.82. The maximum absolute atomic E-state index is 10.6. The highest BCUT2D eigenvalue weighted by molar-refractivity contribution is 7.11. The molecule has 0 aliphatic rings. The second-order valence-electron chi connectivity index (χ2n) is 4.56. The number of hydrogen-bond donors (Lipinski definition) is 1. The lowest BCUT2D eigenvalue weighted by molar-refractivity contribution is -0.136. The molecule has 0 fully saturated rings. The van der Waals surface area contributed by atoms with Crippen molar-refractivity contribution in [3.05, 3.63) is 15.6 Å². The van der Waals surface area contributed by atoms with Crippen molar-refractivity contribution in [1.29, 1.82) is 0 Å². The molecule has 1 rings (SSSR count). The summed E-state index contributed by atoms with van der Waals surface area (Å²) in [6, 6.07) is 0. The van der Waals surface area contributed by atoms with Crippen molar-refractivity contribution in [3.63, 3.8) is 0 Å². The molecule has 90 valence electrons. The van der Waals surface area contributed by atoms with Gasteiger partial charge in [0.05, 0.1) is 17.1 Å². The second-order valence-corrected chi connectivity index (χ2v) is 5.68. The topological polar surface area (TPSA) is 50.2 Å². The Bertz CT molecular complexity index is 369. The molecule has 1 N–H and O–H groups in total. The first-order valence-corrected chi connectivity index (χ1v) is 6.44. The van der Waals surface area contributed by atoms with Gasteiger partial charge in [0, 0.05) is 10.8 Å². The molecule has 0 unspecified atom stereocenters. The van der Waals surface area contributed by atoms with Crippen LogP contribution in [-0.2, 0) is 11.2 Å². The van der Waals surface area contributed by atoms with E-state index in [4.69, 9.17) is 5.11 Å². The molecular weight excluding hydrogens is 222 g/mol. The van der Waals surface area contributed by atoms with Gasteiger partial charge < -0.3 is 5.11 Å². The minimum atomic E-state index is -0.741. The van der Waals surface area contributed by atoms with Crippen LogP contribution in [-0.4, -0.2) is 16.1 Å². The number of carbonyl (C=O) groups is 1. The van der Waals surface area contributed by atoms with E-state index in [9.17, 15) is 4.79 Å². The maximum Gasteiger partial charge on any atom is 0.303 e. The van der Waals surface area contributed by atoms with Crippen LogP contribution in [0.4, 0.5) is 0 Å². The van der Waals surface area contributed by atoms with Gasteiger partial charge in [-0.2, -0.15) is 0 Å². The van der Waals surface area contributed by atoms with E-state index in [-0.39, 0.29) is 6.42 Å². The fourth-order valence-corrected chi connectivity index (χ4v) is 2.70. The highest BCUT2D eigenvalue weighted by Crippen LogP contribution is 2.30. The van der Waals surface area contributed by atoms with Gasteiger partial charge in [-0.25, -0.2) is 4.98 Å². The van der Waals surface area contributed by atoms with Crippen LogP contribution in [0.15, 0.2) is 0 Å². The highest BCUT2D eigenvalue weighted by Gasteiger charge is 2.16. The van der Waals surface area contributed by atoms with Gasteiger partial charge in [-0.05, 0) is 12.3 Å². The Morgan fingerprint density at radius 2 is 1.94 bits per heavy atom. The third kappa shape index (κ3) is 3.30. The Hall–Kier alpha value is -0.900. The number of thiazole rings is 1. The van der Waals surface area contributed by atoms with E-state index >= 15 is 0 Å². The van der Waals surface area contributed by atoms with Gasteiger partial charge in [-0.1, -0.05) is 27.7 Å². The maximum atomic E-state index is 10.6. The molecule has 0 saturated carbocycles. The average molecular weight is 241 g/mol. The van der Waals surface area contributed by atoms with Crippen LogP contribution in [0.3, 0.4) is 0 Å². The number of aryl methyl sites for hydroxylation is 1. The Balaban J connectivity index is 2.91. The van der Waals surface area contributed by atoms with Crippen LogP contribution in [0.25, 0.3) is 0 Å². The molecule has 0 amide bonds. The molecular formula is C12H19NO2S. The minimum absolute atomic E-state index is 0.194. The van der Waals surface area contributed by atoms with E-state index in [0.29, 0.717) is 18.3 Å². The van der Waals surface area contributed by atoms with Crippen LogP contribution < -0.4 is 0 Å². The molecule has 0 saturated heterocycles. The predicted molar refractivity (Wildman–Crippen MR) is 66.2 cm³/mol. The summed E-state index contributed by atoms with van der Waals surface area (Å²) < 4.78 is 0. The van der Waals surface area contributed by atoms with E-state index in [1.807, 2.05) is 0 Å². The molecule has 0 bridgehead atoms. The van der Waals surface area contributed by atoms with E-state index in [1.54, 1.807) is 11.3 Å². The zero-order valence-corrected chi connectivity index (χ0v) is 11.1. The smallest absolute Gasteiger partial charge is 0.303 e. The Morgan fingerprint density at radius 1 is 1.31 bits per heavy atom. The molecule has 0 aliphatic heterocycles. The lowest BCUT2D eigenvalue weighted by Crippen LogP contribution is -1.99. The first-order chi connectivity index (χ1) is 7.41. The van der Waals surface area contributed by atoms with Gasteiger partial charge in [-0.3, -0.25) is 4.79 Å². The quantitative estimate of drug-likeness (QED) is 0.859. The SMILES string of the molecule is CC(C)c1nc(C(C)C)c(CCC(=O)O)s1. The first-order valence-electron chi connectivity index (χ1n) is 5.63. The van der Waals surface area contributed by atoms with Crippen molar-refractivity contribution in [2.75, 3.05) is 0 Å². The van der Waals surface area contributed by atoms with Gasteiger partial charge in [-0.15, -0.1) is 11.3 Å². The number of carboxylic acid groups (broad SMARTS) is 1. The fourth-order valence-electron chi connectivity index (χ4n) is 1.48. The average Bonchev–Trinajstić information content (AvgIpc) is 2.58. The van der Waals surface area contributed by atoms with E-state index < -0.39 is 5.97 Å². The normalized spacial score (nSPS) is 11.4. The molecule has 4 heteroatoms. The summed E-state index contributed by atoms with van der Waals surface area (Å²) in [7, 11) is 0. The number of aromatic nitrogens is 1. The van der Waals surface area contributed by atoms with Gasteiger partial charge in [0.2, 0.25) is 0 Å². The van der Waals surface area contributed by atoms with E-state index in [2.05, 4.69) is 32.7 Å². The number of carboxylic acids is 1. The first kappa shape index (κ1) is 13.2. The number of nitrogens with zero attached hydrogens (tertiary/aromatic N) is 1. The summed E-state index contributed by atoms with van der Waals surface area (Å²) >= 11 is 1.66. The monoisotopic (exact) mass is 241 g/mol. The summed E-state index contributed by atoms with van der Waals surface area (Å²) in [5.41, 5.74) is 1.08. The zero-order chi connectivity index (χ0) is 12.3. The lowest BCUT2D eigenvalue weighted by atomic mass is 10.1. The van der Waals surface area contributed by atoms with Crippen LogP contribution in [0.5, 0.6) is 0 Å². The van der Waals surface area contributed by atoms with Gasteiger partial charge in [0.25, 0.3) is 0 Å². The third-order valence-corrected chi connectivity index (χ3v) is 3.78. The van der Waals surface area contributed by atoms with Crippen LogP contribution in [0, 0.1) is 0 Å². The number of rotatable bonds is 5. The lowest BCUT2D eigenvalue weighted by Gasteiger charge is -2.03. The molecule has 1 aromatic rings. The molecule has 0 spiro atoms. The molecule has 1 heterocycles. The molecule has 0 aliphatic carbocycles. The Kier molecular flexibility index (Phi) is 4.47. The standard InChI is InChI=1S/C12H19NO2S/c1-7(2)11-9(5-6-10(14)15)16-12(13-11)8(3)4/h7-8H,5-6H2,1-4H3,(H,14,15). The van der Waals surface area contributed by atoms with Gasteiger partial charge in [0.1, 0.15) is 0 Å². The summed E-state index contributed by atoms with van der Waals surface area (Å²) in [4.78, 5) is 16.3. The van der Waals surface area contributed by atoms with Crippen LogP contribution >= 0.6 is 11.3 Å². The van der Waals surface area contributed by atoms with E-state index in [0.717, 1.165) is 15.6 Å². The molecule has 16 heavy (non-hydrogen) atoms. The highest BCUT2D eigenvalue weighted by atomic mass is 32.1. The molecule has 3 nitrogen and oxygen atoms in total. The van der Waals surface area contributed by atoms with E-state index in [1.165, 1.54) is 0 Å². The summed E-state index contributed by atoms with van der Waals surface area (Å²) in [5.74, 6) is 0.0443. The third-order valence-electron chi connectivity index (χ3n) is 2.35. The van der Waals surface area contributed by atoms with Crippen molar-refractivity contribution >= 4 is 17.3 Å². The largest absolute Gasteiger partial charge is 0.481 e.